The molecule has 1 aliphatic carbocycles. The van der Waals surface area contributed by atoms with E-state index in [9.17, 15) is 8.78 Å². The van der Waals surface area contributed by atoms with Gasteiger partial charge in [-0.25, -0.2) is 0 Å². The summed E-state index contributed by atoms with van der Waals surface area (Å²) >= 11 is 0. The number of piperidine rings is 1. The van der Waals surface area contributed by atoms with Gasteiger partial charge in [-0.3, -0.25) is 0 Å². The van der Waals surface area contributed by atoms with Crippen LogP contribution in [0.4, 0.5) is 8.78 Å². The Bertz CT molecular complexity index is 474. The van der Waals surface area contributed by atoms with Crippen LogP contribution in [0, 0.1) is 5.92 Å². The average molecular weight is 324 g/mol. The highest BCUT2D eigenvalue weighted by molar-refractivity contribution is 5.27. The molecule has 1 aromatic rings. The lowest BCUT2D eigenvalue weighted by molar-refractivity contribution is -0.0498. The third kappa shape index (κ3) is 4.64. The van der Waals surface area contributed by atoms with E-state index in [1.165, 1.54) is 38.5 Å². The van der Waals surface area contributed by atoms with Crippen LogP contribution in [0.25, 0.3) is 0 Å². The quantitative estimate of drug-likeness (QED) is 0.837. The predicted molar refractivity (Wildman–Crippen MR) is 86.7 cm³/mol. The molecule has 0 aromatic heterocycles. The zero-order valence-corrected chi connectivity index (χ0v) is 13.4. The van der Waals surface area contributed by atoms with Crippen LogP contribution < -0.4 is 15.4 Å². The van der Waals surface area contributed by atoms with Crippen LogP contribution in [-0.2, 0) is 6.54 Å². The van der Waals surface area contributed by atoms with Crippen molar-refractivity contribution in [2.45, 2.75) is 63.8 Å². The zero-order valence-electron chi connectivity index (χ0n) is 13.4. The molecule has 0 bridgehead atoms. The number of hydrogen-bond acceptors (Lipinski definition) is 3. The second-order valence-corrected chi connectivity index (χ2v) is 6.66. The lowest BCUT2D eigenvalue weighted by Crippen LogP contribution is -2.46. The number of nitrogens with one attached hydrogen (secondary N) is 2. The standard InChI is InChI=1S/C18H26F2N2O/c19-18(20)23-14-9-7-13(8-10-14)12-22-17-6-3-4-15(17)16-5-1-2-11-21-16/h7-10,15-18,21-22H,1-6,11-12H2. The third-order valence-corrected chi connectivity index (χ3v) is 5.15. The SMILES string of the molecule is FC(F)Oc1ccc(CNC2CCCC2C2CCCCN2)cc1. The molecule has 3 nitrogen and oxygen atoms in total. The minimum atomic E-state index is -2.76. The molecule has 1 heterocycles. The maximum absolute atomic E-state index is 12.2. The molecule has 1 saturated carbocycles. The molecule has 0 radical (unpaired) electrons. The highest BCUT2D eigenvalue weighted by Crippen LogP contribution is 2.32. The predicted octanol–water partition coefficient (Wildman–Crippen LogP) is 3.69. The summed E-state index contributed by atoms with van der Waals surface area (Å²) in [5.41, 5.74) is 1.11. The maximum Gasteiger partial charge on any atom is 0.387 e. The molecule has 2 N–H and O–H groups in total. The Morgan fingerprint density at radius 3 is 2.61 bits per heavy atom. The van der Waals surface area contributed by atoms with Crippen LogP contribution in [-0.4, -0.2) is 25.2 Å². The Morgan fingerprint density at radius 2 is 1.91 bits per heavy atom. The van der Waals surface area contributed by atoms with Crippen molar-refractivity contribution in [1.82, 2.24) is 10.6 Å². The van der Waals surface area contributed by atoms with E-state index in [0.29, 0.717) is 12.1 Å². The first-order valence-corrected chi connectivity index (χ1v) is 8.73. The van der Waals surface area contributed by atoms with Gasteiger partial charge in [-0.05, 0) is 55.8 Å². The summed E-state index contributed by atoms with van der Waals surface area (Å²) in [4.78, 5) is 0. The molecule has 128 valence electrons. The number of alkyl halides is 2. The van der Waals surface area contributed by atoms with Crippen molar-refractivity contribution >= 4 is 0 Å². The molecule has 3 unspecified atom stereocenters. The molecule has 0 spiro atoms. The molecular weight excluding hydrogens is 298 g/mol. The first kappa shape index (κ1) is 16.7. The van der Waals surface area contributed by atoms with E-state index in [1.807, 2.05) is 12.1 Å². The normalized spacial score (nSPS) is 28.2. The van der Waals surface area contributed by atoms with Crippen LogP contribution in [0.5, 0.6) is 5.75 Å². The van der Waals surface area contributed by atoms with Crippen molar-refractivity contribution in [3.63, 3.8) is 0 Å². The van der Waals surface area contributed by atoms with Gasteiger partial charge in [0.1, 0.15) is 5.75 Å². The van der Waals surface area contributed by atoms with E-state index in [2.05, 4.69) is 15.4 Å². The lowest BCUT2D eigenvalue weighted by Gasteiger charge is -2.33. The van der Waals surface area contributed by atoms with Gasteiger partial charge in [0, 0.05) is 18.6 Å². The van der Waals surface area contributed by atoms with Gasteiger partial charge in [0.25, 0.3) is 0 Å². The van der Waals surface area contributed by atoms with Crippen molar-refractivity contribution in [2.75, 3.05) is 6.54 Å². The van der Waals surface area contributed by atoms with Crippen LogP contribution >= 0.6 is 0 Å². The van der Waals surface area contributed by atoms with Gasteiger partial charge in [-0.15, -0.1) is 0 Å². The molecule has 3 rings (SSSR count). The first-order chi connectivity index (χ1) is 11.2. The minimum Gasteiger partial charge on any atom is -0.435 e. The fourth-order valence-corrected chi connectivity index (χ4v) is 4.01. The van der Waals surface area contributed by atoms with Gasteiger partial charge < -0.3 is 15.4 Å². The summed E-state index contributed by atoms with van der Waals surface area (Å²) in [6, 6.07) is 8.14. The second-order valence-electron chi connectivity index (χ2n) is 6.66. The zero-order chi connectivity index (χ0) is 16.1. The van der Waals surface area contributed by atoms with Crippen molar-refractivity contribution in [3.8, 4) is 5.75 Å². The molecule has 2 aliphatic rings. The summed E-state index contributed by atoms with van der Waals surface area (Å²) < 4.78 is 28.7. The Hall–Kier alpha value is -1.20. The maximum atomic E-state index is 12.2. The Morgan fingerprint density at radius 1 is 1.09 bits per heavy atom. The highest BCUT2D eigenvalue weighted by Gasteiger charge is 2.33. The lowest BCUT2D eigenvalue weighted by atomic mass is 9.88. The van der Waals surface area contributed by atoms with E-state index >= 15 is 0 Å². The highest BCUT2D eigenvalue weighted by atomic mass is 19.3. The monoisotopic (exact) mass is 324 g/mol. The van der Waals surface area contributed by atoms with E-state index < -0.39 is 6.61 Å². The average Bonchev–Trinajstić information content (AvgIpc) is 3.03. The minimum absolute atomic E-state index is 0.217. The molecule has 0 amide bonds. The van der Waals surface area contributed by atoms with Crippen LogP contribution in [0.2, 0.25) is 0 Å². The van der Waals surface area contributed by atoms with Crippen molar-refractivity contribution in [3.05, 3.63) is 29.8 Å². The number of ether oxygens (including phenoxy) is 1. The summed E-state index contributed by atoms with van der Waals surface area (Å²) in [6.45, 7) is -0.830. The van der Waals surface area contributed by atoms with Crippen LogP contribution in [0.1, 0.15) is 44.1 Å². The fraction of sp³-hybridized carbons (Fsp3) is 0.667. The Labute approximate surface area is 136 Å². The molecule has 5 heteroatoms. The third-order valence-electron chi connectivity index (χ3n) is 5.15. The van der Waals surface area contributed by atoms with Gasteiger partial charge in [0.15, 0.2) is 0 Å². The Kier molecular flexibility index (Phi) is 5.84. The summed E-state index contributed by atoms with van der Waals surface area (Å²) in [7, 11) is 0. The van der Waals surface area contributed by atoms with Gasteiger partial charge in [-0.1, -0.05) is 25.0 Å². The summed E-state index contributed by atoms with van der Waals surface area (Å²) in [5, 5.41) is 7.36. The second kappa shape index (κ2) is 8.06. The molecule has 3 atom stereocenters. The fourth-order valence-electron chi connectivity index (χ4n) is 4.01. The first-order valence-electron chi connectivity index (χ1n) is 8.73. The van der Waals surface area contributed by atoms with Crippen LogP contribution in [0.3, 0.4) is 0 Å². The number of benzene rings is 1. The van der Waals surface area contributed by atoms with Crippen molar-refractivity contribution in [2.24, 2.45) is 5.92 Å². The van der Waals surface area contributed by atoms with Gasteiger partial charge in [0.05, 0.1) is 0 Å². The topological polar surface area (TPSA) is 33.3 Å². The van der Waals surface area contributed by atoms with Crippen molar-refractivity contribution < 1.29 is 13.5 Å². The molecule has 2 fully saturated rings. The number of rotatable bonds is 6. The molecule has 1 aromatic carbocycles. The van der Waals surface area contributed by atoms with Crippen molar-refractivity contribution in [1.29, 1.82) is 0 Å². The summed E-state index contributed by atoms with van der Waals surface area (Å²) in [5.74, 6) is 0.936. The number of hydrogen-bond donors (Lipinski definition) is 2. The Balaban J connectivity index is 1.50. The number of halogens is 2. The molecular formula is C18H26F2N2O. The van der Waals surface area contributed by atoms with Gasteiger partial charge in [-0.2, -0.15) is 8.78 Å². The summed E-state index contributed by atoms with van der Waals surface area (Å²) in [6.07, 6.45) is 7.76. The smallest absolute Gasteiger partial charge is 0.387 e. The van der Waals surface area contributed by atoms with Gasteiger partial charge in [0.2, 0.25) is 0 Å². The van der Waals surface area contributed by atoms with E-state index in [-0.39, 0.29) is 5.75 Å². The molecule has 1 aliphatic heterocycles. The van der Waals surface area contributed by atoms with E-state index in [1.54, 1.807) is 12.1 Å². The molecule has 23 heavy (non-hydrogen) atoms. The molecule has 1 saturated heterocycles. The largest absolute Gasteiger partial charge is 0.435 e. The van der Waals surface area contributed by atoms with Crippen LogP contribution in [0.15, 0.2) is 24.3 Å². The van der Waals surface area contributed by atoms with E-state index in [4.69, 9.17) is 0 Å². The van der Waals surface area contributed by atoms with E-state index in [0.717, 1.165) is 24.6 Å². The van der Waals surface area contributed by atoms with Gasteiger partial charge >= 0.3 is 6.61 Å².